The lowest BCUT2D eigenvalue weighted by Crippen LogP contribution is -2.12. The molecule has 5 heteroatoms. The van der Waals surface area contributed by atoms with Gasteiger partial charge in [0.15, 0.2) is 0 Å². The average molecular weight is 254 g/mol. The van der Waals surface area contributed by atoms with Crippen LogP contribution in [0.1, 0.15) is 0 Å². The minimum absolute atomic E-state index is 0.612. The molecular weight excluding hydrogens is 245 g/mol. The largest absolute Gasteiger partial charge is 0.314 e. The topological polar surface area (TPSA) is 29.0 Å². The van der Waals surface area contributed by atoms with Crippen molar-refractivity contribution in [1.29, 1.82) is 0 Å². The zero-order valence-corrected chi connectivity index (χ0v) is 10.1. The van der Waals surface area contributed by atoms with Crippen molar-refractivity contribution in [3.05, 3.63) is 46.7 Å². The van der Waals surface area contributed by atoms with Crippen molar-refractivity contribution >= 4 is 34.8 Å². The molecule has 0 atom stereocenters. The highest BCUT2D eigenvalue weighted by atomic mass is 35.5. The maximum absolute atomic E-state index is 5.77. The third kappa shape index (κ3) is 2.43. The number of hydrogen-bond donors (Lipinski definition) is 0. The minimum Gasteiger partial charge on any atom is -0.314 e. The van der Waals surface area contributed by atoms with Crippen molar-refractivity contribution in [3.63, 3.8) is 0 Å². The number of halogens is 2. The number of aromatic nitrogens is 2. The summed E-state index contributed by atoms with van der Waals surface area (Å²) in [5.74, 6) is 1.55. The Morgan fingerprint density at radius 2 is 1.31 bits per heavy atom. The van der Waals surface area contributed by atoms with E-state index < -0.39 is 0 Å². The fourth-order valence-corrected chi connectivity index (χ4v) is 1.47. The molecule has 82 valence electrons. The lowest BCUT2D eigenvalue weighted by molar-refractivity contribution is 1.08. The summed E-state index contributed by atoms with van der Waals surface area (Å²) in [4.78, 5) is 10.2. The standard InChI is InChI=1S/C11H9Cl2N3/c1-16(10-4-2-8(12)6-14-10)11-5-3-9(13)7-15-11/h2-7H,1H3. The molecule has 16 heavy (non-hydrogen) atoms. The molecule has 0 amide bonds. The van der Waals surface area contributed by atoms with Gasteiger partial charge in [0.05, 0.1) is 10.0 Å². The predicted molar refractivity (Wildman–Crippen MR) is 66.6 cm³/mol. The molecule has 2 heterocycles. The molecule has 0 spiro atoms. The Morgan fingerprint density at radius 1 is 0.875 bits per heavy atom. The highest BCUT2D eigenvalue weighted by Crippen LogP contribution is 2.21. The third-order valence-corrected chi connectivity index (χ3v) is 2.56. The highest BCUT2D eigenvalue weighted by Gasteiger charge is 2.05. The molecule has 0 N–H and O–H groups in total. The van der Waals surface area contributed by atoms with Crippen LogP contribution in [0.2, 0.25) is 10.0 Å². The molecule has 0 radical (unpaired) electrons. The average Bonchev–Trinajstić information content (AvgIpc) is 2.30. The second-order valence-corrected chi connectivity index (χ2v) is 4.10. The monoisotopic (exact) mass is 253 g/mol. The van der Waals surface area contributed by atoms with Crippen LogP contribution >= 0.6 is 23.2 Å². The summed E-state index contributed by atoms with van der Waals surface area (Å²) in [7, 11) is 1.88. The van der Waals surface area contributed by atoms with E-state index in [9.17, 15) is 0 Å². The molecule has 0 saturated carbocycles. The SMILES string of the molecule is CN(c1ccc(Cl)cn1)c1ccc(Cl)cn1. The van der Waals surface area contributed by atoms with Crippen LogP contribution in [-0.4, -0.2) is 17.0 Å². The van der Waals surface area contributed by atoms with Crippen molar-refractivity contribution in [3.8, 4) is 0 Å². The first-order chi connectivity index (χ1) is 7.66. The molecule has 0 unspecified atom stereocenters. The smallest absolute Gasteiger partial charge is 0.133 e. The van der Waals surface area contributed by atoms with Crippen LogP contribution in [0, 0.1) is 0 Å². The van der Waals surface area contributed by atoms with Gasteiger partial charge in [-0.05, 0) is 24.3 Å². The van der Waals surface area contributed by atoms with Crippen LogP contribution in [0.4, 0.5) is 11.6 Å². The van der Waals surface area contributed by atoms with E-state index in [1.165, 1.54) is 0 Å². The van der Waals surface area contributed by atoms with Gasteiger partial charge in [0.2, 0.25) is 0 Å². The van der Waals surface area contributed by atoms with Gasteiger partial charge in [-0.1, -0.05) is 23.2 Å². The molecule has 0 aliphatic heterocycles. The molecule has 2 aromatic heterocycles. The van der Waals surface area contributed by atoms with Gasteiger partial charge >= 0.3 is 0 Å². The van der Waals surface area contributed by atoms with Crippen LogP contribution in [0.25, 0.3) is 0 Å². The minimum atomic E-state index is 0.612. The number of anilines is 2. The van der Waals surface area contributed by atoms with Crippen LogP contribution in [-0.2, 0) is 0 Å². The van der Waals surface area contributed by atoms with Gasteiger partial charge < -0.3 is 4.90 Å². The Labute approximate surface area is 104 Å². The predicted octanol–water partition coefficient (Wildman–Crippen LogP) is 3.55. The van der Waals surface area contributed by atoms with Gasteiger partial charge in [0.1, 0.15) is 11.6 Å². The van der Waals surface area contributed by atoms with Crippen LogP contribution < -0.4 is 4.90 Å². The Kier molecular flexibility index (Phi) is 3.27. The molecule has 0 aliphatic rings. The van der Waals surface area contributed by atoms with Gasteiger partial charge in [-0.25, -0.2) is 9.97 Å². The number of nitrogens with zero attached hydrogens (tertiary/aromatic N) is 3. The fraction of sp³-hybridized carbons (Fsp3) is 0.0909. The summed E-state index contributed by atoms with van der Waals surface area (Å²) in [6.07, 6.45) is 3.20. The summed E-state index contributed by atoms with van der Waals surface area (Å²) in [6.45, 7) is 0. The van der Waals surface area contributed by atoms with E-state index in [-0.39, 0.29) is 0 Å². The van der Waals surface area contributed by atoms with Crippen molar-refractivity contribution in [2.75, 3.05) is 11.9 Å². The quantitative estimate of drug-likeness (QED) is 0.820. The Bertz CT molecular complexity index is 422. The van der Waals surface area contributed by atoms with Crippen LogP contribution in [0.3, 0.4) is 0 Å². The van der Waals surface area contributed by atoms with Gasteiger partial charge in [-0.3, -0.25) is 0 Å². The van der Waals surface area contributed by atoms with E-state index in [0.29, 0.717) is 10.0 Å². The van der Waals surface area contributed by atoms with Gasteiger partial charge in [0, 0.05) is 19.4 Å². The molecule has 2 rings (SSSR count). The van der Waals surface area contributed by atoms with E-state index >= 15 is 0 Å². The van der Waals surface area contributed by atoms with Crippen molar-refractivity contribution in [1.82, 2.24) is 9.97 Å². The van der Waals surface area contributed by atoms with E-state index in [0.717, 1.165) is 11.6 Å². The molecule has 3 nitrogen and oxygen atoms in total. The first-order valence-corrected chi connectivity index (χ1v) is 5.39. The summed E-state index contributed by atoms with van der Waals surface area (Å²) >= 11 is 11.5. The third-order valence-electron chi connectivity index (χ3n) is 2.11. The van der Waals surface area contributed by atoms with E-state index in [1.54, 1.807) is 24.5 Å². The van der Waals surface area contributed by atoms with Gasteiger partial charge in [0.25, 0.3) is 0 Å². The van der Waals surface area contributed by atoms with Crippen molar-refractivity contribution in [2.45, 2.75) is 0 Å². The lowest BCUT2D eigenvalue weighted by Gasteiger charge is -2.16. The molecule has 0 bridgehead atoms. The van der Waals surface area contributed by atoms with E-state index in [1.807, 2.05) is 24.1 Å². The Hall–Kier alpha value is -1.32. The molecule has 2 aromatic rings. The normalized spacial score (nSPS) is 10.2. The van der Waals surface area contributed by atoms with Crippen molar-refractivity contribution < 1.29 is 0 Å². The zero-order chi connectivity index (χ0) is 11.5. The number of rotatable bonds is 2. The summed E-state index contributed by atoms with van der Waals surface area (Å²) < 4.78 is 0. The first-order valence-electron chi connectivity index (χ1n) is 4.63. The Balaban J connectivity index is 2.28. The van der Waals surface area contributed by atoms with Crippen LogP contribution in [0.15, 0.2) is 36.7 Å². The molecule has 0 fully saturated rings. The molecule has 0 aromatic carbocycles. The molecule has 0 aliphatic carbocycles. The number of pyridine rings is 2. The lowest BCUT2D eigenvalue weighted by atomic mass is 10.4. The molecular formula is C11H9Cl2N3. The molecule has 0 saturated heterocycles. The second kappa shape index (κ2) is 4.68. The van der Waals surface area contributed by atoms with Gasteiger partial charge in [-0.2, -0.15) is 0 Å². The van der Waals surface area contributed by atoms with Crippen molar-refractivity contribution in [2.24, 2.45) is 0 Å². The summed E-state index contributed by atoms with van der Waals surface area (Å²) in [5.41, 5.74) is 0. The number of hydrogen-bond acceptors (Lipinski definition) is 3. The highest BCUT2D eigenvalue weighted by molar-refractivity contribution is 6.30. The zero-order valence-electron chi connectivity index (χ0n) is 8.56. The fourth-order valence-electron chi connectivity index (χ4n) is 1.25. The maximum atomic E-state index is 5.77. The maximum Gasteiger partial charge on any atom is 0.133 e. The first kappa shape index (κ1) is 11.2. The van der Waals surface area contributed by atoms with E-state index in [2.05, 4.69) is 9.97 Å². The summed E-state index contributed by atoms with van der Waals surface area (Å²) in [6, 6.07) is 7.24. The van der Waals surface area contributed by atoms with Crippen LogP contribution in [0.5, 0.6) is 0 Å². The van der Waals surface area contributed by atoms with E-state index in [4.69, 9.17) is 23.2 Å². The summed E-state index contributed by atoms with van der Waals surface area (Å²) in [5, 5.41) is 1.22. The Morgan fingerprint density at radius 3 is 1.62 bits per heavy atom. The van der Waals surface area contributed by atoms with Gasteiger partial charge in [-0.15, -0.1) is 0 Å². The second-order valence-electron chi connectivity index (χ2n) is 3.23.